The van der Waals surface area contributed by atoms with Gasteiger partial charge in [0.25, 0.3) is 0 Å². The van der Waals surface area contributed by atoms with Crippen LogP contribution in [-0.4, -0.2) is 19.3 Å². The van der Waals surface area contributed by atoms with E-state index in [0.717, 1.165) is 19.6 Å². The van der Waals surface area contributed by atoms with Crippen molar-refractivity contribution in [3.8, 4) is 0 Å². The highest BCUT2D eigenvalue weighted by Gasteiger charge is 2.22. The first-order valence-electron chi connectivity index (χ1n) is 4.92. The van der Waals surface area contributed by atoms with Gasteiger partial charge < -0.3 is 4.74 Å². The van der Waals surface area contributed by atoms with Gasteiger partial charge >= 0.3 is 0 Å². The van der Waals surface area contributed by atoms with E-state index in [9.17, 15) is 0 Å². The van der Waals surface area contributed by atoms with Crippen molar-refractivity contribution in [3.63, 3.8) is 0 Å². The Hall–Kier alpha value is -0.120. The Bertz CT molecular complexity index is 110. The molecule has 3 heteroatoms. The fourth-order valence-corrected chi connectivity index (χ4v) is 1.85. The van der Waals surface area contributed by atoms with Gasteiger partial charge in [-0.1, -0.05) is 13.3 Å². The minimum absolute atomic E-state index is 0.454. The molecule has 0 aromatic carbocycles. The molecule has 0 spiro atoms. The Morgan fingerprint density at radius 3 is 3.00 bits per heavy atom. The standard InChI is InChI=1S/C9H20N2O/c1-2-4-9(11-10)8-5-3-6-12-7-8/h8-9,11H,2-7,10H2,1H3. The largest absolute Gasteiger partial charge is 0.381 e. The van der Waals surface area contributed by atoms with Gasteiger partial charge in [-0.3, -0.25) is 11.3 Å². The zero-order valence-corrected chi connectivity index (χ0v) is 7.88. The highest BCUT2D eigenvalue weighted by atomic mass is 16.5. The lowest BCUT2D eigenvalue weighted by Gasteiger charge is -2.29. The van der Waals surface area contributed by atoms with E-state index < -0.39 is 0 Å². The fraction of sp³-hybridized carbons (Fsp3) is 1.00. The van der Waals surface area contributed by atoms with Gasteiger partial charge in [0.2, 0.25) is 0 Å². The Morgan fingerprint density at radius 1 is 1.67 bits per heavy atom. The minimum Gasteiger partial charge on any atom is -0.381 e. The monoisotopic (exact) mass is 172 g/mol. The Kier molecular flexibility index (Phi) is 4.58. The summed E-state index contributed by atoms with van der Waals surface area (Å²) in [7, 11) is 0. The third-order valence-electron chi connectivity index (χ3n) is 2.58. The van der Waals surface area contributed by atoms with Gasteiger partial charge in [0, 0.05) is 12.6 Å². The number of ether oxygens (including phenoxy) is 1. The summed E-state index contributed by atoms with van der Waals surface area (Å²) in [5, 5.41) is 0. The first-order chi connectivity index (χ1) is 5.88. The summed E-state index contributed by atoms with van der Waals surface area (Å²) >= 11 is 0. The summed E-state index contributed by atoms with van der Waals surface area (Å²) in [6, 6.07) is 0.454. The molecule has 0 radical (unpaired) electrons. The van der Waals surface area contributed by atoms with Crippen LogP contribution >= 0.6 is 0 Å². The van der Waals surface area contributed by atoms with Crippen LogP contribution in [0.2, 0.25) is 0 Å². The van der Waals surface area contributed by atoms with Crippen molar-refractivity contribution in [2.24, 2.45) is 11.8 Å². The van der Waals surface area contributed by atoms with Gasteiger partial charge in [-0.25, -0.2) is 0 Å². The molecule has 12 heavy (non-hydrogen) atoms. The Balaban J connectivity index is 2.29. The molecule has 0 aliphatic carbocycles. The van der Waals surface area contributed by atoms with Crippen LogP contribution in [-0.2, 0) is 4.74 Å². The second kappa shape index (κ2) is 5.51. The van der Waals surface area contributed by atoms with Crippen LogP contribution in [0.5, 0.6) is 0 Å². The number of rotatable bonds is 4. The van der Waals surface area contributed by atoms with Gasteiger partial charge in [0.1, 0.15) is 0 Å². The number of hydrogen-bond donors (Lipinski definition) is 2. The third kappa shape index (κ3) is 2.73. The number of hydrazine groups is 1. The fourth-order valence-electron chi connectivity index (χ4n) is 1.85. The maximum atomic E-state index is 5.48. The van der Waals surface area contributed by atoms with Crippen LogP contribution in [0.15, 0.2) is 0 Å². The van der Waals surface area contributed by atoms with Crippen LogP contribution < -0.4 is 11.3 Å². The van der Waals surface area contributed by atoms with Crippen LogP contribution in [0, 0.1) is 5.92 Å². The van der Waals surface area contributed by atoms with E-state index >= 15 is 0 Å². The molecule has 2 unspecified atom stereocenters. The summed E-state index contributed by atoms with van der Waals surface area (Å²) in [4.78, 5) is 0. The van der Waals surface area contributed by atoms with Crippen molar-refractivity contribution in [2.75, 3.05) is 13.2 Å². The molecule has 0 bridgehead atoms. The topological polar surface area (TPSA) is 47.3 Å². The maximum Gasteiger partial charge on any atom is 0.0509 e. The molecule has 1 fully saturated rings. The van der Waals surface area contributed by atoms with Crippen molar-refractivity contribution < 1.29 is 4.74 Å². The van der Waals surface area contributed by atoms with E-state index in [1.165, 1.54) is 19.3 Å². The Morgan fingerprint density at radius 2 is 2.50 bits per heavy atom. The number of nitrogens with two attached hydrogens (primary N) is 1. The van der Waals surface area contributed by atoms with E-state index in [0.29, 0.717) is 12.0 Å². The van der Waals surface area contributed by atoms with E-state index in [4.69, 9.17) is 10.6 Å². The van der Waals surface area contributed by atoms with Crippen LogP contribution in [0.3, 0.4) is 0 Å². The second-order valence-corrected chi connectivity index (χ2v) is 3.54. The predicted octanol–water partition coefficient (Wildman–Crippen LogP) is 1.04. The molecule has 0 saturated carbocycles. The SMILES string of the molecule is CCCC(NN)C1CCCOC1. The average molecular weight is 172 g/mol. The lowest BCUT2D eigenvalue weighted by Crippen LogP contribution is -2.43. The zero-order chi connectivity index (χ0) is 8.81. The second-order valence-electron chi connectivity index (χ2n) is 3.54. The van der Waals surface area contributed by atoms with Gasteiger partial charge in [-0.15, -0.1) is 0 Å². The van der Waals surface area contributed by atoms with Crippen molar-refractivity contribution in [1.29, 1.82) is 0 Å². The van der Waals surface area contributed by atoms with Crippen LogP contribution in [0.1, 0.15) is 32.6 Å². The van der Waals surface area contributed by atoms with Crippen molar-refractivity contribution in [3.05, 3.63) is 0 Å². The maximum absolute atomic E-state index is 5.48. The third-order valence-corrected chi connectivity index (χ3v) is 2.58. The van der Waals surface area contributed by atoms with E-state index in [-0.39, 0.29) is 0 Å². The molecule has 2 atom stereocenters. The molecule has 1 aliphatic heterocycles. The quantitative estimate of drug-likeness (QED) is 0.492. The summed E-state index contributed by atoms with van der Waals surface area (Å²) < 4.78 is 5.42. The molecule has 3 N–H and O–H groups in total. The van der Waals surface area contributed by atoms with Crippen molar-refractivity contribution in [2.45, 2.75) is 38.6 Å². The highest BCUT2D eigenvalue weighted by Crippen LogP contribution is 2.19. The molecular weight excluding hydrogens is 152 g/mol. The molecule has 1 heterocycles. The van der Waals surface area contributed by atoms with Crippen molar-refractivity contribution in [1.82, 2.24) is 5.43 Å². The van der Waals surface area contributed by atoms with E-state index in [2.05, 4.69) is 12.3 Å². The molecule has 1 rings (SSSR count). The van der Waals surface area contributed by atoms with Crippen LogP contribution in [0.25, 0.3) is 0 Å². The van der Waals surface area contributed by atoms with E-state index in [1.807, 2.05) is 0 Å². The van der Waals surface area contributed by atoms with Crippen LogP contribution in [0.4, 0.5) is 0 Å². The van der Waals surface area contributed by atoms with Gasteiger partial charge in [-0.2, -0.15) is 0 Å². The molecule has 0 amide bonds. The molecule has 1 aliphatic rings. The minimum atomic E-state index is 0.454. The zero-order valence-electron chi connectivity index (χ0n) is 7.88. The lowest BCUT2D eigenvalue weighted by molar-refractivity contribution is 0.0378. The molecule has 72 valence electrons. The smallest absolute Gasteiger partial charge is 0.0509 e. The highest BCUT2D eigenvalue weighted by molar-refractivity contribution is 4.76. The summed E-state index contributed by atoms with van der Waals surface area (Å²) in [6.07, 6.45) is 4.79. The van der Waals surface area contributed by atoms with Gasteiger partial charge in [-0.05, 0) is 25.2 Å². The molecular formula is C9H20N2O. The number of hydrogen-bond acceptors (Lipinski definition) is 3. The van der Waals surface area contributed by atoms with E-state index in [1.54, 1.807) is 0 Å². The Labute approximate surface area is 74.6 Å². The lowest BCUT2D eigenvalue weighted by atomic mass is 9.91. The average Bonchev–Trinajstić information content (AvgIpc) is 2.15. The summed E-state index contributed by atoms with van der Waals surface area (Å²) in [5.41, 5.74) is 2.89. The first kappa shape index (κ1) is 9.96. The molecule has 3 nitrogen and oxygen atoms in total. The van der Waals surface area contributed by atoms with Gasteiger partial charge in [0.05, 0.1) is 6.61 Å². The molecule has 0 aromatic rings. The molecule has 0 aromatic heterocycles. The van der Waals surface area contributed by atoms with Gasteiger partial charge in [0.15, 0.2) is 0 Å². The normalized spacial score (nSPS) is 27.0. The number of nitrogens with one attached hydrogen (secondary N) is 1. The summed E-state index contributed by atoms with van der Waals surface area (Å²) in [5.74, 6) is 6.11. The predicted molar refractivity (Wildman–Crippen MR) is 49.6 cm³/mol. The first-order valence-corrected chi connectivity index (χ1v) is 4.92. The molecule has 1 saturated heterocycles. The van der Waals surface area contributed by atoms with Crippen molar-refractivity contribution >= 4 is 0 Å². The summed E-state index contributed by atoms with van der Waals surface area (Å²) in [6.45, 7) is 4.00.